The van der Waals surface area contributed by atoms with E-state index in [-0.39, 0.29) is 11.4 Å². The summed E-state index contributed by atoms with van der Waals surface area (Å²) in [5, 5.41) is 2.57. The first kappa shape index (κ1) is 18.0. The van der Waals surface area contributed by atoms with Crippen molar-refractivity contribution >= 4 is 21.6 Å². The van der Waals surface area contributed by atoms with Crippen molar-refractivity contribution in [3.8, 4) is 0 Å². The molecule has 0 aliphatic rings. The molecule has 0 bridgehead atoms. The third-order valence-corrected chi connectivity index (χ3v) is 4.61. The number of nitrogens with zero attached hydrogens (tertiary/aromatic N) is 2. The molecule has 0 radical (unpaired) electrons. The number of hydrogen-bond donors (Lipinski definition) is 2. The molecule has 0 saturated carbocycles. The van der Waals surface area contributed by atoms with Gasteiger partial charge in [-0.1, -0.05) is 11.0 Å². The van der Waals surface area contributed by atoms with E-state index in [1.807, 2.05) is 33.7 Å². The number of imidazole rings is 1. The Labute approximate surface area is 148 Å². The van der Waals surface area contributed by atoms with Crippen LogP contribution in [0.15, 0.2) is 59.8 Å². The molecule has 2 N–H and O–H groups in total. The van der Waals surface area contributed by atoms with Crippen molar-refractivity contribution in [2.24, 2.45) is 0 Å². The van der Waals surface area contributed by atoms with Gasteiger partial charge in [-0.3, -0.25) is 9.63 Å². The smallest absolute Gasteiger partial charge is 0.262 e. The first-order valence-corrected chi connectivity index (χ1v) is 9.01. The highest BCUT2D eigenvalue weighted by molar-refractivity contribution is 7.89. The number of carbonyl (C=O) groups excluding carboxylic acids is 1. The molecule has 0 saturated heterocycles. The average Bonchev–Trinajstić information content (AvgIpc) is 3.03. The largest absolute Gasteiger partial charge is 0.348 e. The molecular weight excluding hydrogens is 363 g/mol. The number of pyridine rings is 1. The number of sulfonamides is 1. The highest BCUT2D eigenvalue weighted by atomic mass is 32.2. The molecule has 3 rings (SSSR count). The molecule has 1 aromatic carbocycles. The lowest BCUT2D eigenvalue weighted by Crippen LogP contribution is -2.32. The Morgan fingerprint density at radius 1 is 1.19 bits per heavy atom. The summed E-state index contributed by atoms with van der Waals surface area (Å²) in [4.78, 5) is 22.4. The van der Waals surface area contributed by atoms with Crippen molar-refractivity contribution in [1.29, 1.82) is 0 Å². The van der Waals surface area contributed by atoms with Gasteiger partial charge in [-0.05, 0) is 36.4 Å². The van der Waals surface area contributed by atoms with Crippen molar-refractivity contribution in [3.05, 3.63) is 66.4 Å². The van der Waals surface area contributed by atoms with Gasteiger partial charge in [0.2, 0.25) is 5.91 Å². The van der Waals surface area contributed by atoms with Crippen LogP contribution in [-0.2, 0) is 26.2 Å². The van der Waals surface area contributed by atoms with E-state index in [1.165, 1.54) is 0 Å². The summed E-state index contributed by atoms with van der Waals surface area (Å²) in [6, 6.07) is 9.74. The average molecular weight is 378 g/mol. The molecule has 0 aliphatic heterocycles. The summed E-state index contributed by atoms with van der Waals surface area (Å²) in [6.07, 6.45) is 3.61. The SMILES string of the molecule is O=C(CONS(=O)(=O)c1ccc(F)cc1)NCc1cn2ccccc2n1. The van der Waals surface area contributed by atoms with Crippen molar-refractivity contribution in [3.63, 3.8) is 0 Å². The summed E-state index contributed by atoms with van der Waals surface area (Å²) in [5.41, 5.74) is 1.40. The number of nitrogens with one attached hydrogen (secondary N) is 2. The normalized spacial score (nSPS) is 11.6. The van der Waals surface area contributed by atoms with E-state index in [0.717, 1.165) is 29.9 Å². The van der Waals surface area contributed by atoms with Crippen LogP contribution in [0.2, 0.25) is 0 Å². The Kier molecular flexibility index (Phi) is 5.26. The predicted molar refractivity (Wildman–Crippen MR) is 89.7 cm³/mol. The van der Waals surface area contributed by atoms with Crippen molar-refractivity contribution in [1.82, 2.24) is 19.6 Å². The zero-order chi connectivity index (χ0) is 18.6. The summed E-state index contributed by atoms with van der Waals surface area (Å²) >= 11 is 0. The second-order valence-electron chi connectivity index (χ2n) is 5.30. The lowest BCUT2D eigenvalue weighted by molar-refractivity contribution is -0.126. The molecule has 0 fully saturated rings. The van der Waals surface area contributed by atoms with Crippen molar-refractivity contribution in [2.75, 3.05) is 6.61 Å². The van der Waals surface area contributed by atoms with Gasteiger partial charge in [0.15, 0.2) is 0 Å². The summed E-state index contributed by atoms with van der Waals surface area (Å²) < 4.78 is 38.4. The van der Waals surface area contributed by atoms with E-state index in [0.29, 0.717) is 5.69 Å². The van der Waals surface area contributed by atoms with Crippen LogP contribution in [-0.4, -0.2) is 30.3 Å². The van der Waals surface area contributed by atoms with Crippen molar-refractivity contribution in [2.45, 2.75) is 11.4 Å². The lowest BCUT2D eigenvalue weighted by atomic mass is 10.4. The molecule has 26 heavy (non-hydrogen) atoms. The quantitative estimate of drug-likeness (QED) is 0.597. The van der Waals surface area contributed by atoms with E-state index in [9.17, 15) is 17.6 Å². The number of aromatic nitrogens is 2. The fourth-order valence-corrected chi connectivity index (χ4v) is 2.95. The van der Waals surface area contributed by atoms with Gasteiger partial charge in [0, 0.05) is 12.4 Å². The van der Waals surface area contributed by atoms with Gasteiger partial charge in [0.05, 0.1) is 17.1 Å². The Hall–Kier alpha value is -2.82. The molecule has 0 spiro atoms. The minimum atomic E-state index is -3.99. The third kappa shape index (κ3) is 4.42. The third-order valence-electron chi connectivity index (χ3n) is 3.38. The van der Waals surface area contributed by atoms with E-state index >= 15 is 0 Å². The molecule has 1 amide bonds. The van der Waals surface area contributed by atoms with E-state index in [2.05, 4.69) is 10.3 Å². The molecule has 136 valence electrons. The van der Waals surface area contributed by atoms with Gasteiger partial charge in [0.1, 0.15) is 18.1 Å². The number of benzene rings is 1. The minimum absolute atomic E-state index is 0.175. The Morgan fingerprint density at radius 3 is 2.69 bits per heavy atom. The topological polar surface area (TPSA) is 102 Å². The highest BCUT2D eigenvalue weighted by Gasteiger charge is 2.15. The second-order valence-corrected chi connectivity index (χ2v) is 6.95. The molecule has 2 heterocycles. The Bertz CT molecular complexity index is 985. The maximum absolute atomic E-state index is 12.8. The molecule has 0 aliphatic carbocycles. The first-order valence-electron chi connectivity index (χ1n) is 7.52. The molecule has 10 heteroatoms. The molecule has 3 aromatic rings. The van der Waals surface area contributed by atoms with Gasteiger partial charge in [-0.25, -0.2) is 17.8 Å². The van der Waals surface area contributed by atoms with Crippen LogP contribution in [0, 0.1) is 5.82 Å². The molecule has 0 atom stereocenters. The van der Waals surface area contributed by atoms with Crippen LogP contribution < -0.4 is 10.2 Å². The van der Waals surface area contributed by atoms with Crippen LogP contribution in [0.5, 0.6) is 0 Å². The number of carbonyl (C=O) groups is 1. The molecule has 2 aromatic heterocycles. The van der Waals surface area contributed by atoms with Crippen LogP contribution >= 0.6 is 0 Å². The lowest BCUT2D eigenvalue weighted by Gasteiger charge is -2.07. The highest BCUT2D eigenvalue weighted by Crippen LogP contribution is 2.09. The van der Waals surface area contributed by atoms with Crippen LogP contribution in [0.1, 0.15) is 5.69 Å². The zero-order valence-electron chi connectivity index (χ0n) is 13.4. The van der Waals surface area contributed by atoms with Crippen LogP contribution in [0.4, 0.5) is 4.39 Å². The van der Waals surface area contributed by atoms with Crippen LogP contribution in [0.25, 0.3) is 5.65 Å². The van der Waals surface area contributed by atoms with E-state index in [1.54, 1.807) is 6.20 Å². The molecular formula is C16H15FN4O4S. The summed E-state index contributed by atoms with van der Waals surface area (Å²) in [7, 11) is -3.99. The van der Waals surface area contributed by atoms with Gasteiger partial charge < -0.3 is 9.72 Å². The maximum atomic E-state index is 12.8. The number of halogens is 1. The van der Waals surface area contributed by atoms with Crippen molar-refractivity contribution < 1.29 is 22.4 Å². The first-order chi connectivity index (χ1) is 12.4. The number of amides is 1. The minimum Gasteiger partial charge on any atom is -0.348 e. The zero-order valence-corrected chi connectivity index (χ0v) is 14.2. The Morgan fingerprint density at radius 2 is 1.96 bits per heavy atom. The number of hydrogen-bond acceptors (Lipinski definition) is 5. The second kappa shape index (κ2) is 7.60. The van der Waals surface area contributed by atoms with Gasteiger partial charge in [-0.15, -0.1) is 0 Å². The van der Waals surface area contributed by atoms with Gasteiger partial charge >= 0.3 is 0 Å². The van der Waals surface area contributed by atoms with Crippen LogP contribution in [0.3, 0.4) is 0 Å². The summed E-state index contributed by atoms with van der Waals surface area (Å²) in [5.74, 6) is -1.08. The Balaban J connectivity index is 1.47. The summed E-state index contributed by atoms with van der Waals surface area (Å²) in [6.45, 7) is -0.345. The van der Waals surface area contributed by atoms with E-state index in [4.69, 9.17) is 4.84 Å². The monoisotopic (exact) mass is 378 g/mol. The van der Waals surface area contributed by atoms with Gasteiger partial charge in [-0.2, -0.15) is 0 Å². The maximum Gasteiger partial charge on any atom is 0.262 e. The number of rotatable bonds is 7. The van der Waals surface area contributed by atoms with Gasteiger partial charge in [0.25, 0.3) is 10.0 Å². The standard InChI is InChI=1S/C16H15FN4O4S/c17-12-4-6-14(7-5-12)26(23,24)20-25-11-16(22)18-9-13-10-21-8-2-1-3-15(21)19-13/h1-8,10,20H,9,11H2,(H,18,22). The number of fused-ring (bicyclic) bond motifs is 1. The fraction of sp³-hybridized carbons (Fsp3) is 0.125. The molecule has 0 unspecified atom stereocenters. The van der Waals surface area contributed by atoms with E-state index < -0.39 is 28.4 Å². The fourth-order valence-electron chi connectivity index (χ4n) is 2.15. The molecule has 8 nitrogen and oxygen atoms in total. The predicted octanol–water partition coefficient (Wildman–Crippen LogP) is 1.000.